The van der Waals surface area contributed by atoms with E-state index in [1.807, 2.05) is 13.8 Å². The fraction of sp³-hybridized carbons (Fsp3) is 0.538. The third kappa shape index (κ3) is 6.42. The van der Waals surface area contributed by atoms with Crippen molar-refractivity contribution in [2.24, 2.45) is 0 Å². The lowest BCUT2D eigenvalue weighted by Crippen LogP contribution is -2.22. The van der Waals surface area contributed by atoms with Gasteiger partial charge in [0, 0.05) is 18.2 Å². The zero-order valence-corrected chi connectivity index (χ0v) is 10.9. The highest BCUT2D eigenvalue weighted by Crippen LogP contribution is 2.23. The standard InChI is InChI=1S/C13H17F4NO/c1-9(2)18-8-10-7-11(14)3-4-12(10)19-6-5-13(15,16)17/h3-4,7,9,18H,5-6,8H2,1-2H3. The van der Waals surface area contributed by atoms with Crippen molar-refractivity contribution in [2.75, 3.05) is 6.61 Å². The number of nitrogens with one attached hydrogen (secondary N) is 1. The molecule has 0 atom stereocenters. The minimum Gasteiger partial charge on any atom is -0.493 e. The SMILES string of the molecule is CC(C)NCc1cc(F)ccc1OCCC(F)(F)F. The smallest absolute Gasteiger partial charge is 0.392 e. The number of alkyl halides is 3. The molecule has 0 aliphatic carbocycles. The topological polar surface area (TPSA) is 21.3 Å². The van der Waals surface area contributed by atoms with Crippen LogP contribution in [0.15, 0.2) is 18.2 Å². The van der Waals surface area contributed by atoms with E-state index in [0.29, 0.717) is 12.1 Å². The first kappa shape index (κ1) is 15.8. The van der Waals surface area contributed by atoms with Gasteiger partial charge in [-0.1, -0.05) is 13.8 Å². The van der Waals surface area contributed by atoms with Crippen LogP contribution < -0.4 is 10.1 Å². The molecule has 0 aliphatic rings. The molecule has 1 aromatic carbocycles. The van der Waals surface area contributed by atoms with Gasteiger partial charge in [0.2, 0.25) is 0 Å². The summed E-state index contributed by atoms with van der Waals surface area (Å²) in [5, 5.41) is 3.07. The van der Waals surface area contributed by atoms with Crippen molar-refractivity contribution in [2.45, 2.75) is 39.0 Å². The van der Waals surface area contributed by atoms with E-state index in [-0.39, 0.29) is 11.8 Å². The van der Waals surface area contributed by atoms with E-state index in [9.17, 15) is 17.6 Å². The minimum atomic E-state index is -4.25. The molecule has 2 nitrogen and oxygen atoms in total. The van der Waals surface area contributed by atoms with E-state index < -0.39 is 25.0 Å². The monoisotopic (exact) mass is 279 g/mol. The molecular formula is C13H17F4NO. The van der Waals surface area contributed by atoms with Crippen molar-refractivity contribution in [1.82, 2.24) is 5.32 Å². The Labute approximate surface area is 109 Å². The quantitative estimate of drug-likeness (QED) is 0.802. The van der Waals surface area contributed by atoms with Gasteiger partial charge in [-0.2, -0.15) is 13.2 Å². The third-order valence-corrected chi connectivity index (χ3v) is 2.37. The molecule has 0 radical (unpaired) electrons. The predicted octanol–water partition coefficient (Wildman–Crippen LogP) is 3.65. The van der Waals surface area contributed by atoms with Gasteiger partial charge in [0.25, 0.3) is 0 Å². The molecule has 0 unspecified atom stereocenters. The lowest BCUT2D eigenvalue weighted by Gasteiger charge is -2.14. The van der Waals surface area contributed by atoms with Crippen LogP contribution in [0.5, 0.6) is 5.75 Å². The first-order valence-electron chi connectivity index (χ1n) is 5.99. The first-order valence-corrected chi connectivity index (χ1v) is 5.99. The Kier molecular flexibility index (Phi) is 5.60. The molecule has 0 spiro atoms. The zero-order valence-electron chi connectivity index (χ0n) is 10.9. The normalized spacial score (nSPS) is 11.9. The van der Waals surface area contributed by atoms with Gasteiger partial charge in [-0.3, -0.25) is 0 Å². The number of hydrogen-bond donors (Lipinski definition) is 1. The highest BCUT2D eigenvalue weighted by molar-refractivity contribution is 5.34. The van der Waals surface area contributed by atoms with Gasteiger partial charge in [0.05, 0.1) is 13.0 Å². The predicted molar refractivity (Wildman–Crippen MR) is 64.5 cm³/mol. The summed E-state index contributed by atoms with van der Waals surface area (Å²) in [7, 11) is 0. The maximum absolute atomic E-state index is 13.1. The second-order valence-corrected chi connectivity index (χ2v) is 4.50. The number of benzene rings is 1. The molecule has 0 bridgehead atoms. The molecular weight excluding hydrogens is 262 g/mol. The molecule has 1 N–H and O–H groups in total. The Bertz CT molecular complexity index is 404. The summed E-state index contributed by atoms with van der Waals surface area (Å²) in [6, 6.07) is 3.97. The molecule has 19 heavy (non-hydrogen) atoms. The van der Waals surface area contributed by atoms with Crippen molar-refractivity contribution < 1.29 is 22.3 Å². The fourth-order valence-corrected chi connectivity index (χ4v) is 1.42. The van der Waals surface area contributed by atoms with E-state index in [1.54, 1.807) is 0 Å². The van der Waals surface area contributed by atoms with Crippen molar-refractivity contribution in [3.63, 3.8) is 0 Å². The van der Waals surface area contributed by atoms with Crippen molar-refractivity contribution >= 4 is 0 Å². The van der Waals surface area contributed by atoms with E-state index in [4.69, 9.17) is 4.74 Å². The van der Waals surface area contributed by atoms with Crippen molar-refractivity contribution in [3.8, 4) is 5.75 Å². The Morgan fingerprint density at radius 3 is 2.53 bits per heavy atom. The van der Waals surface area contributed by atoms with Gasteiger partial charge in [0.15, 0.2) is 0 Å². The lowest BCUT2D eigenvalue weighted by molar-refractivity contribution is -0.139. The molecule has 0 fully saturated rings. The lowest BCUT2D eigenvalue weighted by atomic mass is 10.2. The van der Waals surface area contributed by atoms with E-state index in [0.717, 1.165) is 0 Å². The highest BCUT2D eigenvalue weighted by atomic mass is 19.4. The van der Waals surface area contributed by atoms with Crippen LogP contribution in [-0.2, 0) is 6.54 Å². The van der Waals surface area contributed by atoms with Crippen LogP contribution in [0, 0.1) is 5.82 Å². The van der Waals surface area contributed by atoms with Gasteiger partial charge in [-0.25, -0.2) is 4.39 Å². The molecule has 0 saturated carbocycles. The van der Waals surface area contributed by atoms with Crippen molar-refractivity contribution in [3.05, 3.63) is 29.6 Å². The van der Waals surface area contributed by atoms with Gasteiger partial charge < -0.3 is 10.1 Å². The summed E-state index contributed by atoms with van der Waals surface area (Å²) in [6.45, 7) is 3.72. The van der Waals surface area contributed by atoms with Gasteiger partial charge >= 0.3 is 6.18 Å². The summed E-state index contributed by atoms with van der Waals surface area (Å²) in [5.74, 6) is -0.164. The third-order valence-electron chi connectivity index (χ3n) is 2.37. The summed E-state index contributed by atoms with van der Waals surface area (Å²) in [5.41, 5.74) is 0.510. The van der Waals surface area contributed by atoms with Crippen LogP contribution in [0.2, 0.25) is 0 Å². The summed E-state index contributed by atoms with van der Waals surface area (Å²) < 4.78 is 54.3. The fourth-order valence-electron chi connectivity index (χ4n) is 1.42. The molecule has 1 rings (SSSR count). The summed E-state index contributed by atoms with van der Waals surface area (Å²) in [4.78, 5) is 0. The molecule has 0 aliphatic heterocycles. The largest absolute Gasteiger partial charge is 0.493 e. The molecule has 1 aromatic rings. The second kappa shape index (κ2) is 6.75. The Hall–Kier alpha value is -1.30. The maximum Gasteiger partial charge on any atom is 0.392 e. The number of ether oxygens (including phenoxy) is 1. The molecule has 0 amide bonds. The Morgan fingerprint density at radius 2 is 1.95 bits per heavy atom. The Balaban J connectivity index is 2.65. The zero-order chi connectivity index (χ0) is 14.5. The molecule has 0 aromatic heterocycles. The average Bonchev–Trinajstić information content (AvgIpc) is 2.27. The number of halogens is 4. The summed E-state index contributed by atoms with van der Waals surface area (Å²) in [6.07, 6.45) is -5.28. The van der Waals surface area contributed by atoms with Crippen LogP contribution in [0.3, 0.4) is 0 Å². The van der Waals surface area contributed by atoms with E-state index in [2.05, 4.69) is 5.32 Å². The first-order chi connectivity index (χ1) is 8.78. The number of rotatable bonds is 6. The molecule has 108 valence electrons. The van der Waals surface area contributed by atoms with Gasteiger partial charge in [-0.05, 0) is 18.2 Å². The van der Waals surface area contributed by atoms with Gasteiger partial charge in [0.1, 0.15) is 11.6 Å². The van der Waals surface area contributed by atoms with Crippen LogP contribution in [0.25, 0.3) is 0 Å². The Morgan fingerprint density at radius 1 is 1.26 bits per heavy atom. The summed E-state index contributed by atoms with van der Waals surface area (Å²) >= 11 is 0. The molecule has 6 heteroatoms. The van der Waals surface area contributed by atoms with Crippen LogP contribution in [0.1, 0.15) is 25.8 Å². The second-order valence-electron chi connectivity index (χ2n) is 4.50. The van der Waals surface area contributed by atoms with E-state index in [1.165, 1.54) is 18.2 Å². The highest BCUT2D eigenvalue weighted by Gasteiger charge is 2.27. The molecule has 0 saturated heterocycles. The van der Waals surface area contributed by atoms with Crippen LogP contribution in [-0.4, -0.2) is 18.8 Å². The minimum absolute atomic E-state index is 0.186. The van der Waals surface area contributed by atoms with Crippen molar-refractivity contribution in [1.29, 1.82) is 0 Å². The number of hydrogen-bond acceptors (Lipinski definition) is 2. The van der Waals surface area contributed by atoms with Crippen LogP contribution >= 0.6 is 0 Å². The van der Waals surface area contributed by atoms with E-state index >= 15 is 0 Å². The average molecular weight is 279 g/mol. The molecule has 0 heterocycles. The van der Waals surface area contributed by atoms with Crippen LogP contribution in [0.4, 0.5) is 17.6 Å². The van der Waals surface area contributed by atoms with Gasteiger partial charge in [-0.15, -0.1) is 0 Å². The maximum atomic E-state index is 13.1.